The topological polar surface area (TPSA) is 44.8 Å². The van der Waals surface area contributed by atoms with Gasteiger partial charge in [0.2, 0.25) is 5.75 Å². The van der Waals surface area contributed by atoms with Gasteiger partial charge in [-0.2, -0.15) is 0 Å². The van der Waals surface area contributed by atoms with Gasteiger partial charge in [-0.05, 0) is 53.6 Å². The van der Waals surface area contributed by atoms with Crippen LogP contribution in [-0.2, 0) is 0 Å². The summed E-state index contributed by atoms with van der Waals surface area (Å²) >= 11 is 0. The van der Waals surface area contributed by atoms with E-state index in [4.69, 9.17) is 14.2 Å². The molecule has 0 bridgehead atoms. The predicted molar refractivity (Wildman–Crippen MR) is 150 cm³/mol. The van der Waals surface area contributed by atoms with Crippen molar-refractivity contribution in [2.45, 2.75) is 40.0 Å². The third-order valence-corrected chi connectivity index (χ3v) is 5.36. The number of hydrogen-bond acceptors (Lipinski definition) is 4. The fourth-order valence-corrected chi connectivity index (χ4v) is 3.47. The predicted octanol–water partition coefficient (Wildman–Crippen LogP) is 8.21. The Bertz CT molecular complexity index is 1110. The van der Waals surface area contributed by atoms with E-state index in [-0.39, 0.29) is 0 Å². The van der Waals surface area contributed by atoms with Gasteiger partial charge < -0.3 is 14.2 Å². The van der Waals surface area contributed by atoms with Gasteiger partial charge in [-0.15, -0.1) is 0 Å². The van der Waals surface area contributed by atoms with Crippen LogP contribution in [0.2, 0.25) is 0 Å². The molecule has 0 heterocycles. The van der Waals surface area contributed by atoms with Crippen LogP contribution in [0.25, 0.3) is 24.3 Å². The fourth-order valence-electron chi connectivity index (χ4n) is 3.47. The summed E-state index contributed by atoms with van der Waals surface area (Å²) in [5.41, 5.74) is 4.94. The maximum absolute atomic E-state index is 10.8. The van der Waals surface area contributed by atoms with Crippen LogP contribution in [0.3, 0.4) is 0 Å². The van der Waals surface area contributed by atoms with Crippen molar-refractivity contribution in [2.75, 3.05) is 19.8 Å². The lowest BCUT2D eigenvalue weighted by Crippen LogP contribution is -2.05. The van der Waals surface area contributed by atoms with Crippen molar-refractivity contribution in [1.82, 2.24) is 0 Å². The van der Waals surface area contributed by atoms with Crippen LogP contribution < -0.4 is 14.2 Å². The molecule has 0 amide bonds. The van der Waals surface area contributed by atoms with Crippen molar-refractivity contribution in [2.24, 2.45) is 0 Å². The van der Waals surface area contributed by atoms with Crippen molar-refractivity contribution in [3.05, 3.63) is 88.5 Å². The van der Waals surface area contributed by atoms with Gasteiger partial charge >= 0.3 is 0 Å². The molecule has 0 aliphatic carbocycles. The van der Waals surface area contributed by atoms with Crippen LogP contribution in [0.15, 0.2) is 60.7 Å². The summed E-state index contributed by atoms with van der Waals surface area (Å²) in [5, 5.41) is 0. The van der Waals surface area contributed by atoms with Crippen LogP contribution in [0.5, 0.6) is 17.2 Å². The van der Waals surface area contributed by atoms with E-state index in [1.165, 1.54) is 0 Å². The van der Waals surface area contributed by atoms with E-state index >= 15 is 0 Å². The quantitative estimate of drug-likeness (QED) is 0.171. The molecule has 0 spiro atoms. The number of hydrogen-bond donors (Lipinski definition) is 0. The lowest BCUT2D eigenvalue weighted by atomic mass is 10.1. The highest BCUT2D eigenvalue weighted by molar-refractivity contribution is 5.77. The SMILES string of the molecule is CCCOc1cc(/C=C/c2ccc(/C=C/c3ccc(C=O)cc3)cc2)cc(OCCC)c1OCCC. The number of carbonyl (C=O) groups is 1. The van der Waals surface area contributed by atoms with Gasteiger partial charge in [-0.25, -0.2) is 0 Å². The van der Waals surface area contributed by atoms with E-state index in [0.717, 1.165) is 59.3 Å². The summed E-state index contributed by atoms with van der Waals surface area (Å²) in [5.74, 6) is 2.13. The molecule has 0 aliphatic rings. The molecule has 0 saturated carbocycles. The summed E-state index contributed by atoms with van der Waals surface area (Å²) in [7, 11) is 0. The fraction of sp³-hybridized carbons (Fsp3) is 0.281. The highest BCUT2D eigenvalue weighted by atomic mass is 16.5. The monoisotopic (exact) mass is 484 g/mol. The second-order valence-electron chi connectivity index (χ2n) is 8.51. The second-order valence-corrected chi connectivity index (χ2v) is 8.51. The van der Waals surface area contributed by atoms with Crippen molar-refractivity contribution in [1.29, 1.82) is 0 Å². The van der Waals surface area contributed by atoms with Gasteiger partial charge in [0, 0.05) is 5.56 Å². The van der Waals surface area contributed by atoms with Gasteiger partial charge in [0.15, 0.2) is 11.5 Å². The largest absolute Gasteiger partial charge is 0.490 e. The molecule has 0 saturated heterocycles. The van der Waals surface area contributed by atoms with Gasteiger partial charge in [-0.1, -0.05) is 93.6 Å². The summed E-state index contributed by atoms with van der Waals surface area (Å²) in [4.78, 5) is 10.8. The van der Waals surface area contributed by atoms with Crippen molar-refractivity contribution < 1.29 is 19.0 Å². The van der Waals surface area contributed by atoms with Gasteiger partial charge in [-0.3, -0.25) is 4.79 Å². The lowest BCUT2D eigenvalue weighted by Gasteiger charge is -2.17. The Kier molecular flexibility index (Phi) is 10.9. The molecule has 3 aromatic rings. The Morgan fingerprint density at radius 1 is 0.528 bits per heavy atom. The van der Waals surface area contributed by atoms with E-state index in [1.807, 2.05) is 42.5 Å². The molecule has 0 N–H and O–H groups in total. The zero-order chi connectivity index (χ0) is 25.6. The van der Waals surface area contributed by atoms with E-state index in [9.17, 15) is 4.79 Å². The molecule has 3 rings (SSSR count). The Morgan fingerprint density at radius 3 is 1.28 bits per heavy atom. The first-order valence-corrected chi connectivity index (χ1v) is 12.7. The van der Waals surface area contributed by atoms with Gasteiger partial charge in [0.25, 0.3) is 0 Å². The van der Waals surface area contributed by atoms with Gasteiger partial charge in [0.1, 0.15) is 6.29 Å². The molecule has 0 aliphatic heterocycles. The normalized spacial score (nSPS) is 11.2. The minimum atomic E-state index is 0.616. The zero-order valence-electron chi connectivity index (χ0n) is 21.5. The third-order valence-electron chi connectivity index (χ3n) is 5.36. The molecule has 0 atom stereocenters. The summed E-state index contributed by atoms with van der Waals surface area (Å²) in [6.45, 7) is 8.13. The third kappa shape index (κ3) is 8.16. The number of benzene rings is 3. The first-order valence-electron chi connectivity index (χ1n) is 12.7. The molecule has 0 fully saturated rings. The minimum absolute atomic E-state index is 0.616. The zero-order valence-corrected chi connectivity index (χ0v) is 21.5. The number of carbonyl (C=O) groups excluding carboxylic acids is 1. The van der Waals surface area contributed by atoms with E-state index in [0.29, 0.717) is 31.1 Å². The number of aldehydes is 1. The first-order chi connectivity index (χ1) is 17.7. The lowest BCUT2D eigenvalue weighted by molar-refractivity contribution is 0.112. The standard InChI is InChI=1S/C32H36O4/c1-4-19-34-30-22-29(23-31(35-20-5-2)32(30)36-21-6-3)18-15-26-10-7-25(8-11-26)9-12-27-13-16-28(24-33)17-14-27/h7-18,22-24H,4-6,19-21H2,1-3H3/b12-9+,18-15+. The average molecular weight is 485 g/mol. The Labute approximate surface area is 215 Å². The second kappa shape index (κ2) is 14.6. The van der Waals surface area contributed by atoms with Crippen LogP contribution in [0.1, 0.15) is 72.6 Å². The molecule has 0 unspecified atom stereocenters. The van der Waals surface area contributed by atoms with Crippen LogP contribution in [-0.4, -0.2) is 26.1 Å². The highest BCUT2D eigenvalue weighted by Crippen LogP contribution is 2.40. The molecular formula is C32H36O4. The van der Waals surface area contributed by atoms with Crippen LogP contribution in [0, 0.1) is 0 Å². The van der Waals surface area contributed by atoms with Crippen LogP contribution >= 0.6 is 0 Å². The maximum atomic E-state index is 10.8. The van der Waals surface area contributed by atoms with Crippen LogP contribution in [0.4, 0.5) is 0 Å². The number of rotatable bonds is 14. The van der Waals surface area contributed by atoms with Gasteiger partial charge in [0.05, 0.1) is 19.8 Å². The summed E-state index contributed by atoms with van der Waals surface area (Å²) < 4.78 is 18.1. The van der Waals surface area contributed by atoms with Crippen molar-refractivity contribution in [3.63, 3.8) is 0 Å². The summed E-state index contributed by atoms with van der Waals surface area (Å²) in [6.07, 6.45) is 11.9. The Morgan fingerprint density at radius 2 is 0.889 bits per heavy atom. The molecule has 0 radical (unpaired) electrons. The first kappa shape index (κ1) is 26.8. The Hall–Kier alpha value is -3.79. The molecule has 4 heteroatoms. The molecule has 188 valence electrons. The minimum Gasteiger partial charge on any atom is -0.490 e. The molecule has 4 nitrogen and oxygen atoms in total. The molecule has 3 aromatic carbocycles. The Balaban J connectivity index is 1.77. The maximum Gasteiger partial charge on any atom is 0.203 e. The van der Waals surface area contributed by atoms with Crippen molar-refractivity contribution >= 4 is 30.6 Å². The smallest absolute Gasteiger partial charge is 0.203 e. The highest BCUT2D eigenvalue weighted by Gasteiger charge is 2.15. The average Bonchev–Trinajstić information content (AvgIpc) is 2.92. The van der Waals surface area contributed by atoms with E-state index in [2.05, 4.69) is 63.3 Å². The molecule has 0 aromatic heterocycles. The van der Waals surface area contributed by atoms with Crippen molar-refractivity contribution in [3.8, 4) is 17.2 Å². The summed E-state index contributed by atoms with van der Waals surface area (Å²) in [6, 6.07) is 19.9. The van der Waals surface area contributed by atoms with E-state index in [1.54, 1.807) is 0 Å². The molecule has 36 heavy (non-hydrogen) atoms. The molecular weight excluding hydrogens is 448 g/mol. The number of ether oxygens (including phenoxy) is 3. The van der Waals surface area contributed by atoms with E-state index < -0.39 is 0 Å².